The maximum absolute atomic E-state index is 12.7. The summed E-state index contributed by atoms with van der Waals surface area (Å²) in [5, 5.41) is 0. The van der Waals surface area contributed by atoms with Gasteiger partial charge in [0.2, 0.25) is 0 Å². The van der Waals surface area contributed by atoms with Gasteiger partial charge in [-0.3, -0.25) is 14.4 Å². The van der Waals surface area contributed by atoms with Gasteiger partial charge >= 0.3 is 17.9 Å². The Morgan fingerprint density at radius 2 is 0.678 bits per heavy atom. The quantitative estimate of drug-likeness (QED) is 0.0264. The lowest BCUT2D eigenvalue weighted by molar-refractivity contribution is -0.167. The number of hydrogen-bond acceptors (Lipinski definition) is 6. The second-order valence-corrected chi connectivity index (χ2v) is 16.0. The topological polar surface area (TPSA) is 78.9 Å². The Hall–Kier alpha value is -3.15. The Kier molecular flexibility index (Phi) is 45.0. The summed E-state index contributed by atoms with van der Waals surface area (Å²) >= 11 is 0. The van der Waals surface area contributed by atoms with Crippen molar-refractivity contribution in [2.24, 2.45) is 0 Å². The van der Waals surface area contributed by atoms with Gasteiger partial charge in [-0.1, -0.05) is 196 Å². The van der Waals surface area contributed by atoms with E-state index in [0.29, 0.717) is 19.3 Å². The van der Waals surface area contributed by atoms with Crippen LogP contribution in [0.2, 0.25) is 0 Å². The summed E-state index contributed by atoms with van der Waals surface area (Å²) in [4.78, 5) is 37.8. The molecule has 1 atom stereocenters. The van der Waals surface area contributed by atoms with Gasteiger partial charge in [0.05, 0.1) is 0 Å². The van der Waals surface area contributed by atoms with E-state index in [0.717, 1.165) is 89.9 Å². The first-order chi connectivity index (χ1) is 29.0. The molecule has 0 amide bonds. The summed E-state index contributed by atoms with van der Waals surface area (Å²) in [7, 11) is 0. The van der Waals surface area contributed by atoms with E-state index < -0.39 is 6.10 Å². The van der Waals surface area contributed by atoms with Gasteiger partial charge in [-0.25, -0.2) is 0 Å². The van der Waals surface area contributed by atoms with Gasteiger partial charge in [-0.2, -0.15) is 0 Å². The first-order valence-corrected chi connectivity index (χ1v) is 24.4. The third kappa shape index (κ3) is 45.8. The molecule has 0 aromatic rings. The van der Waals surface area contributed by atoms with E-state index in [1.54, 1.807) is 0 Å². The molecule has 0 N–H and O–H groups in total. The Morgan fingerprint density at radius 3 is 1.14 bits per heavy atom. The Labute approximate surface area is 363 Å². The van der Waals surface area contributed by atoms with Crippen LogP contribution in [0.3, 0.4) is 0 Å². The molecule has 6 heteroatoms. The van der Waals surface area contributed by atoms with Crippen LogP contribution in [0.5, 0.6) is 0 Å². The van der Waals surface area contributed by atoms with E-state index in [-0.39, 0.29) is 37.5 Å². The summed E-state index contributed by atoms with van der Waals surface area (Å²) < 4.78 is 16.7. The molecule has 0 radical (unpaired) electrons. The fourth-order valence-electron chi connectivity index (χ4n) is 6.53. The molecule has 6 nitrogen and oxygen atoms in total. The molecule has 0 heterocycles. The molecule has 0 saturated carbocycles. The fourth-order valence-corrected chi connectivity index (χ4v) is 6.53. The molecule has 0 saturated heterocycles. The van der Waals surface area contributed by atoms with Crippen LogP contribution in [0.1, 0.15) is 226 Å². The highest BCUT2D eigenvalue weighted by Gasteiger charge is 2.19. The molecule has 0 unspecified atom stereocenters. The molecule has 0 aromatic heterocycles. The third-order valence-corrected chi connectivity index (χ3v) is 10.2. The van der Waals surface area contributed by atoms with Gasteiger partial charge < -0.3 is 14.2 Å². The number of ether oxygens (including phenoxy) is 3. The van der Waals surface area contributed by atoms with Gasteiger partial charge in [-0.05, 0) is 83.5 Å². The summed E-state index contributed by atoms with van der Waals surface area (Å²) in [6, 6.07) is 0. The highest BCUT2D eigenvalue weighted by molar-refractivity contribution is 5.71. The lowest BCUT2D eigenvalue weighted by Crippen LogP contribution is -2.30. The van der Waals surface area contributed by atoms with E-state index in [4.69, 9.17) is 14.2 Å². The summed E-state index contributed by atoms with van der Waals surface area (Å²) in [6.45, 7) is 6.44. The standard InChI is InChI=1S/C53H90O6/c1-4-7-10-13-16-19-22-24-25-26-27-29-31-34-37-40-43-46-52(55)58-49-50(48-57-51(54)45-42-39-36-33-30-21-18-15-12-9-6-3)59-53(56)47-44-41-38-35-32-28-23-20-17-14-11-8-5-2/h7,10,16,19-20,23-25,27,29,34,37,50H,4-6,8-9,11-15,17-18,21-22,26,28,30-33,35-36,38-49H2,1-3H3/b10-7-,19-16-,23-20-,25-24-,29-27-,37-34-/t50-/m1/s1. The average Bonchev–Trinajstić information content (AvgIpc) is 3.23. The largest absolute Gasteiger partial charge is 0.462 e. The van der Waals surface area contributed by atoms with Crippen molar-refractivity contribution in [2.45, 2.75) is 232 Å². The summed E-state index contributed by atoms with van der Waals surface area (Å²) in [5.41, 5.74) is 0. The van der Waals surface area contributed by atoms with Gasteiger partial charge in [0.1, 0.15) is 13.2 Å². The maximum Gasteiger partial charge on any atom is 0.306 e. The number of unbranched alkanes of at least 4 members (excludes halogenated alkanes) is 20. The number of carbonyl (C=O) groups excluding carboxylic acids is 3. The summed E-state index contributed by atoms with van der Waals surface area (Å²) in [5.74, 6) is -0.967. The van der Waals surface area contributed by atoms with E-state index in [1.165, 1.54) is 89.9 Å². The predicted molar refractivity (Wildman–Crippen MR) is 251 cm³/mol. The Morgan fingerprint density at radius 1 is 0.356 bits per heavy atom. The van der Waals surface area contributed by atoms with E-state index in [2.05, 4.69) is 93.7 Å². The van der Waals surface area contributed by atoms with Crippen LogP contribution in [0, 0.1) is 0 Å². The van der Waals surface area contributed by atoms with E-state index >= 15 is 0 Å². The number of rotatable bonds is 43. The van der Waals surface area contributed by atoms with Crippen LogP contribution in [0.25, 0.3) is 0 Å². The molecule has 59 heavy (non-hydrogen) atoms. The van der Waals surface area contributed by atoms with Crippen LogP contribution >= 0.6 is 0 Å². The molecular formula is C53H90O6. The van der Waals surface area contributed by atoms with Crippen molar-refractivity contribution in [2.75, 3.05) is 13.2 Å². The zero-order chi connectivity index (χ0) is 43.0. The minimum Gasteiger partial charge on any atom is -0.462 e. The zero-order valence-electron chi connectivity index (χ0n) is 38.5. The molecule has 0 spiro atoms. The molecule has 0 aliphatic heterocycles. The third-order valence-electron chi connectivity index (χ3n) is 10.2. The van der Waals surface area contributed by atoms with Crippen LogP contribution in [0.4, 0.5) is 0 Å². The molecule has 0 rings (SSSR count). The predicted octanol–water partition coefficient (Wildman–Crippen LogP) is 15.9. The normalized spacial score (nSPS) is 12.7. The molecule has 338 valence electrons. The molecular weight excluding hydrogens is 733 g/mol. The van der Waals surface area contributed by atoms with Crippen molar-refractivity contribution in [1.82, 2.24) is 0 Å². The Bertz CT molecular complexity index is 1130. The van der Waals surface area contributed by atoms with Gasteiger partial charge in [0, 0.05) is 19.3 Å². The SMILES string of the molecule is CC/C=C\C/C=C\C/C=C\C/C=C\C/C=C\CCCC(=O)OC[C@@H](COC(=O)CCCCCCCCCCCCC)OC(=O)CCCCCCC/C=C\CCCCCC. The number of carbonyl (C=O) groups is 3. The monoisotopic (exact) mass is 823 g/mol. The van der Waals surface area contributed by atoms with Crippen molar-refractivity contribution in [3.8, 4) is 0 Å². The number of hydrogen-bond donors (Lipinski definition) is 0. The number of esters is 3. The lowest BCUT2D eigenvalue weighted by atomic mass is 10.1. The van der Waals surface area contributed by atoms with Crippen molar-refractivity contribution in [3.63, 3.8) is 0 Å². The van der Waals surface area contributed by atoms with Gasteiger partial charge in [-0.15, -0.1) is 0 Å². The van der Waals surface area contributed by atoms with Crippen molar-refractivity contribution < 1.29 is 28.6 Å². The van der Waals surface area contributed by atoms with E-state index in [1.807, 2.05) is 0 Å². The molecule has 0 fully saturated rings. The van der Waals surface area contributed by atoms with Crippen molar-refractivity contribution in [1.29, 1.82) is 0 Å². The van der Waals surface area contributed by atoms with Crippen molar-refractivity contribution in [3.05, 3.63) is 72.9 Å². The molecule has 0 bridgehead atoms. The molecule has 0 aliphatic carbocycles. The lowest BCUT2D eigenvalue weighted by Gasteiger charge is -2.18. The molecule has 0 aromatic carbocycles. The Balaban J connectivity index is 4.47. The highest BCUT2D eigenvalue weighted by atomic mass is 16.6. The highest BCUT2D eigenvalue weighted by Crippen LogP contribution is 2.14. The number of allylic oxidation sites excluding steroid dienone is 12. The van der Waals surface area contributed by atoms with Crippen LogP contribution in [-0.4, -0.2) is 37.2 Å². The molecule has 0 aliphatic rings. The minimum absolute atomic E-state index is 0.0952. The maximum atomic E-state index is 12.7. The second-order valence-electron chi connectivity index (χ2n) is 16.0. The van der Waals surface area contributed by atoms with Crippen molar-refractivity contribution >= 4 is 17.9 Å². The minimum atomic E-state index is -0.799. The first kappa shape index (κ1) is 55.9. The van der Waals surface area contributed by atoms with Crippen LogP contribution in [0.15, 0.2) is 72.9 Å². The average molecular weight is 823 g/mol. The first-order valence-electron chi connectivity index (χ1n) is 24.4. The smallest absolute Gasteiger partial charge is 0.306 e. The van der Waals surface area contributed by atoms with Gasteiger partial charge in [0.25, 0.3) is 0 Å². The van der Waals surface area contributed by atoms with Crippen LogP contribution < -0.4 is 0 Å². The zero-order valence-corrected chi connectivity index (χ0v) is 38.5. The summed E-state index contributed by atoms with van der Waals surface area (Å²) in [6.07, 6.45) is 58.9. The van der Waals surface area contributed by atoms with Gasteiger partial charge in [0.15, 0.2) is 6.10 Å². The fraction of sp³-hybridized carbons (Fsp3) is 0.717. The van der Waals surface area contributed by atoms with Crippen LogP contribution in [-0.2, 0) is 28.6 Å². The van der Waals surface area contributed by atoms with E-state index in [9.17, 15) is 14.4 Å². The second kappa shape index (κ2) is 47.5.